The molecule has 2 fully saturated rings. The lowest BCUT2D eigenvalue weighted by atomic mass is 9.83. The number of imidazole rings is 1. The van der Waals surface area contributed by atoms with Crippen molar-refractivity contribution in [1.82, 2.24) is 19.4 Å². The SMILES string of the molecule is Cc1cccnc1[C@]1(O)CC[C@H]2CN(Cc3nc4ccccc4n3C)C[C@H]21. The molecule has 2 aromatic heterocycles. The summed E-state index contributed by atoms with van der Waals surface area (Å²) in [5.74, 6) is 1.88. The molecule has 3 heterocycles. The second-order valence-corrected chi connectivity index (χ2v) is 8.27. The van der Waals surface area contributed by atoms with Crippen molar-refractivity contribution >= 4 is 11.0 Å². The van der Waals surface area contributed by atoms with Crippen LogP contribution >= 0.6 is 0 Å². The summed E-state index contributed by atoms with van der Waals surface area (Å²) in [6.07, 6.45) is 3.69. The molecule has 5 nitrogen and oxygen atoms in total. The summed E-state index contributed by atoms with van der Waals surface area (Å²) in [6.45, 7) is 4.82. The summed E-state index contributed by atoms with van der Waals surface area (Å²) in [5, 5.41) is 11.6. The number of rotatable bonds is 3. The molecule has 0 spiro atoms. The van der Waals surface area contributed by atoms with Crippen molar-refractivity contribution in [2.75, 3.05) is 13.1 Å². The maximum atomic E-state index is 11.6. The molecule has 1 saturated heterocycles. The van der Waals surface area contributed by atoms with E-state index in [9.17, 15) is 5.11 Å². The van der Waals surface area contributed by atoms with Crippen LogP contribution in [-0.2, 0) is 19.2 Å². The molecule has 1 aliphatic heterocycles. The second-order valence-electron chi connectivity index (χ2n) is 8.27. The van der Waals surface area contributed by atoms with E-state index in [1.165, 1.54) is 5.52 Å². The Hall–Kier alpha value is -2.24. The number of aliphatic hydroxyl groups is 1. The van der Waals surface area contributed by atoms with Crippen LogP contribution < -0.4 is 0 Å². The Morgan fingerprint density at radius 1 is 1.19 bits per heavy atom. The van der Waals surface area contributed by atoms with E-state index >= 15 is 0 Å². The number of fused-ring (bicyclic) bond motifs is 2. The van der Waals surface area contributed by atoms with Crippen molar-refractivity contribution < 1.29 is 5.11 Å². The van der Waals surface area contributed by atoms with Crippen molar-refractivity contribution in [2.45, 2.75) is 31.9 Å². The molecule has 5 heteroatoms. The van der Waals surface area contributed by atoms with Gasteiger partial charge in [0, 0.05) is 32.3 Å². The zero-order valence-electron chi connectivity index (χ0n) is 16.0. The van der Waals surface area contributed by atoms with Crippen molar-refractivity contribution in [3.63, 3.8) is 0 Å². The van der Waals surface area contributed by atoms with Crippen LogP contribution in [0, 0.1) is 18.8 Å². The third-order valence-electron chi connectivity index (χ3n) is 6.69. The molecule has 1 aliphatic carbocycles. The Labute approximate surface area is 159 Å². The smallest absolute Gasteiger partial charge is 0.123 e. The number of hydrogen-bond donors (Lipinski definition) is 1. The minimum Gasteiger partial charge on any atom is -0.383 e. The number of para-hydroxylation sites is 2. The zero-order chi connectivity index (χ0) is 18.6. The summed E-state index contributed by atoms with van der Waals surface area (Å²) in [5.41, 5.74) is 3.40. The average molecular weight is 362 g/mol. The van der Waals surface area contributed by atoms with Gasteiger partial charge in [-0.2, -0.15) is 0 Å². The molecule has 1 aromatic carbocycles. The molecule has 1 saturated carbocycles. The highest BCUT2D eigenvalue weighted by Crippen LogP contribution is 2.50. The predicted octanol–water partition coefficient (Wildman–Crippen LogP) is 3.01. The van der Waals surface area contributed by atoms with Crippen molar-refractivity contribution in [1.29, 1.82) is 0 Å². The largest absolute Gasteiger partial charge is 0.383 e. The van der Waals surface area contributed by atoms with Gasteiger partial charge in [-0.15, -0.1) is 0 Å². The minimum absolute atomic E-state index is 0.251. The Kier molecular flexibility index (Phi) is 3.85. The van der Waals surface area contributed by atoms with Gasteiger partial charge >= 0.3 is 0 Å². The number of aryl methyl sites for hydroxylation is 2. The van der Waals surface area contributed by atoms with Gasteiger partial charge in [-0.25, -0.2) is 4.98 Å². The van der Waals surface area contributed by atoms with E-state index in [-0.39, 0.29) is 5.92 Å². The predicted molar refractivity (Wildman–Crippen MR) is 105 cm³/mol. The van der Waals surface area contributed by atoms with E-state index in [2.05, 4.69) is 52.7 Å². The summed E-state index contributed by atoms with van der Waals surface area (Å²) >= 11 is 0. The first-order valence-electron chi connectivity index (χ1n) is 9.83. The molecular formula is C22H26N4O. The van der Waals surface area contributed by atoms with Gasteiger partial charge < -0.3 is 9.67 Å². The number of likely N-dealkylation sites (tertiary alicyclic amines) is 1. The lowest BCUT2D eigenvalue weighted by Crippen LogP contribution is -2.36. The number of aromatic nitrogens is 3. The van der Waals surface area contributed by atoms with Crippen molar-refractivity contribution in [2.24, 2.45) is 18.9 Å². The van der Waals surface area contributed by atoms with Gasteiger partial charge in [0.2, 0.25) is 0 Å². The van der Waals surface area contributed by atoms with Gasteiger partial charge in [-0.05, 0) is 49.4 Å². The Morgan fingerprint density at radius 3 is 2.85 bits per heavy atom. The molecule has 140 valence electrons. The van der Waals surface area contributed by atoms with Crippen LogP contribution in [-0.4, -0.2) is 37.6 Å². The summed E-state index contributed by atoms with van der Waals surface area (Å²) in [4.78, 5) is 11.8. The van der Waals surface area contributed by atoms with E-state index in [0.717, 1.165) is 55.1 Å². The van der Waals surface area contributed by atoms with Crippen LogP contribution in [0.4, 0.5) is 0 Å². The fourth-order valence-corrected chi connectivity index (χ4v) is 5.28. The van der Waals surface area contributed by atoms with E-state index in [0.29, 0.717) is 5.92 Å². The second kappa shape index (κ2) is 6.14. The van der Waals surface area contributed by atoms with Gasteiger partial charge in [-0.3, -0.25) is 9.88 Å². The first kappa shape index (κ1) is 16.9. The standard InChI is InChI=1S/C22H26N4O/c1-15-6-5-11-23-21(15)22(27)10-9-16-12-26(13-17(16)22)14-20-24-18-7-3-4-8-19(18)25(20)2/h3-8,11,16-17,27H,9-10,12-14H2,1-2H3/t16-,17+,22-/m0/s1. The summed E-state index contributed by atoms with van der Waals surface area (Å²) < 4.78 is 2.19. The highest BCUT2D eigenvalue weighted by Gasteiger charge is 2.53. The van der Waals surface area contributed by atoms with Crippen LogP contribution in [0.1, 0.15) is 29.9 Å². The number of hydrogen-bond acceptors (Lipinski definition) is 4. The van der Waals surface area contributed by atoms with Crippen molar-refractivity contribution in [3.05, 3.63) is 59.7 Å². The first-order valence-corrected chi connectivity index (χ1v) is 9.83. The molecule has 3 atom stereocenters. The molecule has 5 rings (SSSR count). The molecule has 1 N–H and O–H groups in total. The fraction of sp³-hybridized carbons (Fsp3) is 0.455. The Bertz CT molecular complexity index is 997. The van der Waals surface area contributed by atoms with Crippen LogP contribution in [0.3, 0.4) is 0 Å². The average Bonchev–Trinajstić information content (AvgIpc) is 3.31. The molecular weight excluding hydrogens is 336 g/mol. The van der Waals surface area contributed by atoms with E-state index in [1.54, 1.807) is 6.20 Å². The van der Waals surface area contributed by atoms with Gasteiger partial charge in [0.1, 0.15) is 11.4 Å². The topological polar surface area (TPSA) is 54.2 Å². The monoisotopic (exact) mass is 362 g/mol. The number of pyridine rings is 1. The molecule has 3 aromatic rings. The lowest BCUT2D eigenvalue weighted by molar-refractivity contribution is -0.0115. The van der Waals surface area contributed by atoms with E-state index in [1.807, 2.05) is 12.1 Å². The first-order chi connectivity index (χ1) is 13.1. The maximum absolute atomic E-state index is 11.6. The van der Waals surface area contributed by atoms with Crippen LogP contribution in [0.25, 0.3) is 11.0 Å². The van der Waals surface area contributed by atoms with E-state index in [4.69, 9.17) is 4.98 Å². The van der Waals surface area contributed by atoms with Gasteiger partial charge in [-0.1, -0.05) is 18.2 Å². The lowest BCUT2D eigenvalue weighted by Gasteiger charge is -2.31. The molecule has 0 unspecified atom stereocenters. The van der Waals surface area contributed by atoms with Gasteiger partial charge in [0.15, 0.2) is 0 Å². The highest BCUT2D eigenvalue weighted by molar-refractivity contribution is 5.75. The fourth-order valence-electron chi connectivity index (χ4n) is 5.28. The van der Waals surface area contributed by atoms with Gasteiger partial charge in [0.05, 0.1) is 23.3 Å². The molecule has 2 aliphatic rings. The minimum atomic E-state index is -0.795. The Morgan fingerprint density at radius 2 is 2.04 bits per heavy atom. The third kappa shape index (κ3) is 2.60. The summed E-state index contributed by atoms with van der Waals surface area (Å²) in [7, 11) is 2.09. The van der Waals surface area contributed by atoms with E-state index < -0.39 is 5.60 Å². The summed E-state index contributed by atoms with van der Waals surface area (Å²) in [6, 6.07) is 12.3. The molecule has 0 bridgehead atoms. The van der Waals surface area contributed by atoms with Crippen LogP contribution in [0.5, 0.6) is 0 Å². The maximum Gasteiger partial charge on any atom is 0.123 e. The quantitative estimate of drug-likeness (QED) is 0.778. The highest BCUT2D eigenvalue weighted by atomic mass is 16.3. The normalized spacial score (nSPS) is 28.1. The molecule has 0 radical (unpaired) electrons. The number of benzene rings is 1. The van der Waals surface area contributed by atoms with Crippen LogP contribution in [0.15, 0.2) is 42.6 Å². The van der Waals surface area contributed by atoms with Crippen LogP contribution in [0.2, 0.25) is 0 Å². The number of nitrogens with zero attached hydrogens (tertiary/aromatic N) is 4. The molecule has 0 amide bonds. The third-order valence-corrected chi connectivity index (χ3v) is 6.69. The van der Waals surface area contributed by atoms with Gasteiger partial charge in [0.25, 0.3) is 0 Å². The van der Waals surface area contributed by atoms with Crippen molar-refractivity contribution in [3.8, 4) is 0 Å². The zero-order valence-corrected chi connectivity index (χ0v) is 16.0. The molecule has 27 heavy (non-hydrogen) atoms. The Balaban J connectivity index is 1.39.